The van der Waals surface area contributed by atoms with E-state index in [4.69, 9.17) is 5.73 Å². The van der Waals surface area contributed by atoms with E-state index in [0.29, 0.717) is 44.7 Å². The monoisotopic (exact) mass is 448 g/mol. The Morgan fingerprint density at radius 3 is 2.66 bits per heavy atom. The van der Waals surface area contributed by atoms with Crippen molar-refractivity contribution < 1.29 is 12.8 Å². The van der Waals surface area contributed by atoms with Crippen LogP contribution in [0.2, 0.25) is 0 Å². The number of nitrogens with two attached hydrogens (primary N) is 1. The molecule has 8 nitrogen and oxygen atoms in total. The highest BCUT2D eigenvalue weighted by molar-refractivity contribution is 7.91. The van der Waals surface area contributed by atoms with Gasteiger partial charge in [0.15, 0.2) is 21.3 Å². The maximum Gasteiger partial charge on any atom is 0.183 e. The number of benzene rings is 2. The molecule has 0 atom stereocenters. The molecule has 0 fully saturated rings. The number of nitrogen functional groups attached to an aromatic ring is 1. The molecule has 5 aromatic rings. The number of aromatic nitrogens is 5. The highest BCUT2D eigenvalue weighted by Crippen LogP contribution is 2.31. The maximum absolute atomic E-state index is 14.0. The molecule has 0 aliphatic carbocycles. The van der Waals surface area contributed by atoms with Crippen LogP contribution in [0.1, 0.15) is 11.4 Å². The molecule has 2 aromatic carbocycles. The topological polar surface area (TPSA) is 128 Å². The van der Waals surface area contributed by atoms with Crippen molar-refractivity contribution in [2.45, 2.75) is 11.3 Å². The van der Waals surface area contributed by atoms with E-state index in [2.05, 4.69) is 24.9 Å². The zero-order valence-electron chi connectivity index (χ0n) is 16.9. The lowest BCUT2D eigenvalue weighted by molar-refractivity contribution is 0.602. The number of nitrogens with zero attached hydrogens (tertiary/aromatic N) is 4. The molecule has 160 valence electrons. The van der Waals surface area contributed by atoms with Crippen LogP contribution in [-0.2, 0) is 16.3 Å². The molecular formula is C22H17FN6O2S. The molecule has 3 aromatic heterocycles. The van der Waals surface area contributed by atoms with Crippen LogP contribution in [0.5, 0.6) is 0 Å². The Kier molecular flexibility index (Phi) is 4.59. The number of hydrogen-bond donors (Lipinski definition) is 2. The van der Waals surface area contributed by atoms with Crippen LogP contribution in [0.15, 0.2) is 59.8 Å². The van der Waals surface area contributed by atoms with Gasteiger partial charge in [0.2, 0.25) is 0 Å². The van der Waals surface area contributed by atoms with Gasteiger partial charge in [-0.05, 0) is 29.8 Å². The van der Waals surface area contributed by atoms with Crippen LogP contribution in [0.3, 0.4) is 0 Å². The van der Waals surface area contributed by atoms with Crippen molar-refractivity contribution in [3.05, 3.63) is 72.1 Å². The van der Waals surface area contributed by atoms with Crippen LogP contribution in [0.25, 0.3) is 33.3 Å². The summed E-state index contributed by atoms with van der Waals surface area (Å²) in [5, 5.41) is 0.636. The number of nitrogens with one attached hydrogen (secondary N) is 1. The zero-order chi connectivity index (χ0) is 22.5. The van der Waals surface area contributed by atoms with Gasteiger partial charge < -0.3 is 10.7 Å². The number of pyridine rings is 1. The number of fused-ring (bicyclic) bond motifs is 2. The van der Waals surface area contributed by atoms with E-state index in [0.717, 1.165) is 6.26 Å². The lowest BCUT2D eigenvalue weighted by Crippen LogP contribution is -2.05. The second-order valence-electron chi connectivity index (χ2n) is 7.41. The number of rotatable bonds is 4. The maximum atomic E-state index is 14.0. The molecule has 0 unspecified atom stereocenters. The van der Waals surface area contributed by atoms with E-state index in [9.17, 15) is 12.8 Å². The van der Waals surface area contributed by atoms with Crippen molar-refractivity contribution in [2.75, 3.05) is 12.0 Å². The third-order valence-electron chi connectivity index (χ3n) is 5.09. The van der Waals surface area contributed by atoms with E-state index in [1.807, 2.05) is 6.07 Å². The van der Waals surface area contributed by atoms with Crippen LogP contribution in [-0.4, -0.2) is 39.6 Å². The Balaban J connectivity index is 1.75. The van der Waals surface area contributed by atoms with Gasteiger partial charge in [-0.2, -0.15) is 0 Å². The van der Waals surface area contributed by atoms with E-state index in [1.165, 1.54) is 24.5 Å². The van der Waals surface area contributed by atoms with Gasteiger partial charge in [0, 0.05) is 23.6 Å². The summed E-state index contributed by atoms with van der Waals surface area (Å²) >= 11 is 0. The first-order valence-corrected chi connectivity index (χ1v) is 11.5. The molecule has 3 N–H and O–H groups in total. The molecule has 0 spiro atoms. The highest BCUT2D eigenvalue weighted by atomic mass is 32.2. The van der Waals surface area contributed by atoms with Gasteiger partial charge in [0.05, 0.1) is 22.4 Å². The van der Waals surface area contributed by atoms with Gasteiger partial charge in [-0.15, -0.1) is 0 Å². The molecule has 32 heavy (non-hydrogen) atoms. The predicted octanol–water partition coefficient (Wildman–Crippen LogP) is 3.28. The van der Waals surface area contributed by atoms with Crippen LogP contribution < -0.4 is 5.73 Å². The summed E-state index contributed by atoms with van der Waals surface area (Å²) in [6, 6.07) is 12.8. The Labute approximate surface area is 182 Å². The van der Waals surface area contributed by atoms with Crippen molar-refractivity contribution in [3.63, 3.8) is 0 Å². The van der Waals surface area contributed by atoms with Gasteiger partial charge in [-0.1, -0.05) is 24.3 Å². The second-order valence-corrected chi connectivity index (χ2v) is 9.39. The minimum Gasteiger partial charge on any atom is -0.382 e. The van der Waals surface area contributed by atoms with Gasteiger partial charge in [-0.3, -0.25) is 0 Å². The number of H-pyrrole nitrogens is 1. The highest BCUT2D eigenvalue weighted by Gasteiger charge is 2.18. The average Bonchev–Trinajstić information content (AvgIpc) is 3.21. The van der Waals surface area contributed by atoms with E-state index >= 15 is 0 Å². The molecule has 10 heteroatoms. The van der Waals surface area contributed by atoms with Gasteiger partial charge in [-0.25, -0.2) is 32.7 Å². The normalized spacial score (nSPS) is 11.9. The lowest BCUT2D eigenvalue weighted by atomic mass is 10.0. The van der Waals surface area contributed by atoms with E-state index in [-0.39, 0.29) is 17.1 Å². The molecule has 3 heterocycles. The number of imidazole rings is 1. The second kappa shape index (κ2) is 7.34. The minimum atomic E-state index is -3.52. The molecule has 0 amide bonds. The first-order valence-electron chi connectivity index (χ1n) is 9.64. The summed E-state index contributed by atoms with van der Waals surface area (Å²) < 4.78 is 38.6. The van der Waals surface area contributed by atoms with Gasteiger partial charge in [0.25, 0.3) is 0 Å². The van der Waals surface area contributed by atoms with Crippen LogP contribution in [0.4, 0.5) is 10.2 Å². The van der Waals surface area contributed by atoms with Crippen molar-refractivity contribution in [2.24, 2.45) is 0 Å². The smallest absolute Gasteiger partial charge is 0.183 e. The summed E-state index contributed by atoms with van der Waals surface area (Å²) in [4.78, 5) is 20.6. The quantitative estimate of drug-likeness (QED) is 0.432. The molecule has 0 saturated carbocycles. The van der Waals surface area contributed by atoms with Crippen molar-refractivity contribution in [3.8, 4) is 11.3 Å². The van der Waals surface area contributed by atoms with Crippen LogP contribution >= 0.6 is 0 Å². The zero-order valence-corrected chi connectivity index (χ0v) is 17.7. The summed E-state index contributed by atoms with van der Waals surface area (Å²) in [5.41, 5.74) is 8.99. The number of sulfone groups is 1. The Morgan fingerprint density at radius 1 is 1.06 bits per heavy atom. The third kappa shape index (κ3) is 3.54. The standard InChI is InChI=1S/C22H17FN6O2S/c1-32(30,31)16-7-3-5-12-8-14(10-17-27-21(24)20-22(28-17)26-11-25-20)18(29-19(12)16)13-4-2-6-15(23)9-13/h2-9,11H,10H2,1H3,(H3,24,25,26,27,28). The summed E-state index contributed by atoms with van der Waals surface area (Å²) in [6.45, 7) is 0. The fourth-order valence-corrected chi connectivity index (χ4v) is 4.53. The van der Waals surface area contributed by atoms with Crippen molar-refractivity contribution in [1.29, 1.82) is 0 Å². The summed E-state index contributed by atoms with van der Waals surface area (Å²) in [6.07, 6.45) is 2.86. The number of hydrogen-bond acceptors (Lipinski definition) is 7. The predicted molar refractivity (Wildman–Crippen MR) is 119 cm³/mol. The number of halogens is 1. The average molecular weight is 448 g/mol. The van der Waals surface area contributed by atoms with E-state index in [1.54, 1.807) is 24.3 Å². The molecule has 0 aliphatic rings. The Morgan fingerprint density at radius 2 is 1.88 bits per heavy atom. The molecule has 0 aliphatic heterocycles. The first-order chi connectivity index (χ1) is 15.3. The molecule has 0 saturated heterocycles. The van der Waals surface area contributed by atoms with Gasteiger partial charge in [0.1, 0.15) is 17.2 Å². The largest absolute Gasteiger partial charge is 0.382 e. The first kappa shape index (κ1) is 20.0. The molecule has 0 radical (unpaired) electrons. The number of para-hydroxylation sites is 1. The van der Waals surface area contributed by atoms with Crippen LogP contribution in [0, 0.1) is 5.82 Å². The summed E-state index contributed by atoms with van der Waals surface area (Å²) in [5.74, 6) is 0.258. The van der Waals surface area contributed by atoms with E-state index < -0.39 is 15.7 Å². The SMILES string of the molecule is CS(=O)(=O)c1cccc2cc(Cc3nc(N)c4[nH]cnc4n3)c(-c3cccc(F)c3)nc12. The Hall–Kier alpha value is -3.92. The molecular weight excluding hydrogens is 431 g/mol. The minimum absolute atomic E-state index is 0.109. The van der Waals surface area contributed by atoms with Gasteiger partial charge >= 0.3 is 0 Å². The lowest BCUT2D eigenvalue weighted by Gasteiger charge is -2.13. The Bertz CT molecular complexity index is 1610. The third-order valence-corrected chi connectivity index (χ3v) is 6.22. The number of anilines is 1. The molecule has 5 rings (SSSR count). The number of aromatic amines is 1. The molecule has 0 bridgehead atoms. The fourth-order valence-electron chi connectivity index (χ4n) is 3.69. The van der Waals surface area contributed by atoms with Crippen molar-refractivity contribution in [1.82, 2.24) is 24.9 Å². The van der Waals surface area contributed by atoms with Crippen molar-refractivity contribution >= 4 is 37.7 Å². The summed E-state index contributed by atoms with van der Waals surface area (Å²) in [7, 11) is -3.52. The fraction of sp³-hybridized carbons (Fsp3) is 0.0909.